The zero-order valence-electron chi connectivity index (χ0n) is 11.3. The molecular formula is C14H21N3O2. The number of nitrogens with zero attached hydrogens (tertiary/aromatic N) is 1. The SMILES string of the molecule is C=N/C(=C\C=C/C)CC1NC(=O)OC12CCNCC2. The molecule has 1 unspecified atom stereocenters. The topological polar surface area (TPSA) is 62.7 Å². The van der Waals surface area contributed by atoms with Crippen LogP contribution in [0.25, 0.3) is 0 Å². The summed E-state index contributed by atoms with van der Waals surface area (Å²) in [5.41, 5.74) is 0.481. The summed E-state index contributed by atoms with van der Waals surface area (Å²) in [5, 5.41) is 6.21. The van der Waals surface area contributed by atoms with Crippen LogP contribution in [0, 0.1) is 0 Å². The second-order valence-corrected chi connectivity index (χ2v) is 4.95. The Morgan fingerprint density at radius 1 is 1.58 bits per heavy atom. The predicted octanol–water partition coefficient (Wildman–Crippen LogP) is 1.77. The summed E-state index contributed by atoms with van der Waals surface area (Å²) >= 11 is 0. The van der Waals surface area contributed by atoms with E-state index in [-0.39, 0.29) is 17.7 Å². The van der Waals surface area contributed by atoms with E-state index in [1.54, 1.807) is 0 Å². The molecule has 1 spiro atoms. The number of ether oxygens (including phenoxy) is 1. The zero-order valence-corrected chi connectivity index (χ0v) is 11.3. The standard InChI is InChI=1S/C14H21N3O2/c1-3-4-5-11(15-2)10-12-14(19-13(18)17-12)6-8-16-9-7-14/h3-5,12,16H,2,6-10H2,1H3,(H,17,18)/b4-3-,11-5-. The first-order valence-electron chi connectivity index (χ1n) is 6.69. The second kappa shape index (κ2) is 6.02. The van der Waals surface area contributed by atoms with Gasteiger partial charge >= 0.3 is 6.09 Å². The molecule has 5 nitrogen and oxygen atoms in total. The fourth-order valence-corrected chi connectivity index (χ4v) is 2.70. The maximum atomic E-state index is 11.6. The number of amides is 1. The Labute approximate surface area is 113 Å². The lowest BCUT2D eigenvalue weighted by atomic mass is 9.83. The van der Waals surface area contributed by atoms with Gasteiger partial charge in [0, 0.05) is 25.0 Å². The Balaban J connectivity index is 2.12. The monoisotopic (exact) mass is 263 g/mol. The Morgan fingerprint density at radius 3 is 2.95 bits per heavy atom. The average molecular weight is 263 g/mol. The van der Waals surface area contributed by atoms with Gasteiger partial charge in [-0.15, -0.1) is 0 Å². The molecule has 0 bridgehead atoms. The van der Waals surface area contributed by atoms with Gasteiger partial charge in [-0.2, -0.15) is 0 Å². The molecule has 2 aliphatic heterocycles. The van der Waals surface area contributed by atoms with E-state index in [2.05, 4.69) is 22.3 Å². The Bertz CT molecular complexity index is 409. The molecule has 0 saturated carbocycles. The number of alkyl carbamates (subject to hydrolysis) is 1. The maximum absolute atomic E-state index is 11.6. The van der Waals surface area contributed by atoms with Crippen LogP contribution in [0.3, 0.4) is 0 Å². The summed E-state index contributed by atoms with van der Waals surface area (Å²) in [4.78, 5) is 15.6. The first-order chi connectivity index (χ1) is 9.20. The third kappa shape index (κ3) is 3.04. The molecule has 2 rings (SSSR count). The molecule has 0 aromatic carbocycles. The van der Waals surface area contributed by atoms with E-state index in [0.29, 0.717) is 6.42 Å². The minimum atomic E-state index is -0.387. The number of allylic oxidation sites excluding steroid dienone is 3. The van der Waals surface area contributed by atoms with Crippen LogP contribution < -0.4 is 10.6 Å². The van der Waals surface area contributed by atoms with E-state index in [1.165, 1.54) is 0 Å². The molecule has 1 atom stereocenters. The minimum Gasteiger partial charge on any atom is -0.441 e. The molecule has 0 aromatic heterocycles. The highest BCUT2D eigenvalue weighted by molar-refractivity contribution is 5.71. The highest BCUT2D eigenvalue weighted by Crippen LogP contribution is 2.34. The summed E-state index contributed by atoms with van der Waals surface area (Å²) in [6, 6.07) is -0.0240. The fraction of sp³-hybridized carbons (Fsp3) is 0.571. The summed E-state index contributed by atoms with van der Waals surface area (Å²) in [5.74, 6) is 0. The van der Waals surface area contributed by atoms with Gasteiger partial charge in [-0.25, -0.2) is 4.79 Å². The number of aliphatic imine (C=N–C) groups is 1. The van der Waals surface area contributed by atoms with Gasteiger partial charge < -0.3 is 15.4 Å². The predicted molar refractivity (Wildman–Crippen MR) is 75.3 cm³/mol. The molecule has 5 heteroatoms. The highest BCUT2D eigenvalue weighted by Gasteiger charge is 2.49. The van der Waals surface area contributed by atoms with Crippen LogP contribution in [-0.2, 0) is 4.74 Å². The molecule has 2 heterocycles. The minimum absolute atomic E-state index is 0.0240. The van der Waals surface area contributed by atoms with Crippen molar-refractivity contribution in [3.05, 3.63) is 23.9 Å². The van der Waals surface area contributed by atoms with E-state index in [9.17, 15) is 4.79 Å². The van der Waals surface area contributed by atoms with Crippen molar-refractivity contribution in [1.29, 1.82) is 0 Å². The first-order valence-corrected chi connectivity index (χ1v) is 6.69. The molecule has 0 aliphatic carbocycles. The molecule has 19 heavy (non-hydrogen) atoms. The number of nitrogens with one attached hydrogen (secondary N) is 2. The van der Waals surface area contributed by atoms with Gasteiger partial charge in [0.25, 0.3) is 0 Å². The van der Waals surface area contributed by atoms with Crippen molar-refractivity contribution in [3.8, 4) is 0 Å². The average Bonchev–Trinajstić information content (AvgIpc) is 2.71. The molecule has 2 fully saturated rings. The van der Waals surface area contributed by atoms with Gasteiger partial charge in [0.2, 0.25) is 0 Å². The van der Waals surface area contributed by atoms with Crippen LogP contribution in [0.1, 0.15) is 26.2 Å². The van der Waals surface area contributed by atoms with Gasteiger partial charge in [-0.05, 0) is 32.8 Å². The number of hydrogen-bond acceptors (Lipinski definition) is 4. The molecular weight excluding hydrogens is 242 g/mol. The van der Waals surface area contributed by atoms with Crippen LogP contribution in [-0.4, -0.2) is 37.5 Å². The van der Waals surface area contributed by atoms with Gasteiger partial charge in [0.1, 0.15) is 5.60 Å². The smallest absolute Gasteiger partial charge is 0.408 e. The number of carbonyl (C=O) groups excluding carboxylic acids is 1. The highest BCUT2D eigenvalue weighted by atomic mass is 16.6. The molecule has 1 amide bonds. The summed E-state index contributed by atoms with van der Waals surface area (Å²) < 4.78 is 5.55. The lowest BCUT2D eigenvalue weighted by Crippen LogP contribution is -2.50. The van der Waals surface area contributed by atoms with Crippen LogP contribution >= 0.6 is 0 Å². The number of rotatable bonds is 4. The lowest BCUT2D eigenvalue weighted by Gasteiger charge is -2.36. The summed E-state index contributed by atoms with van der Waals surface area (Å²) in [6.45, 7) is 7.29. The van der Waals surface area contributed by atoms with E-state index in [0.717, 1.165) is 31.6 Å². The number of piperidine rings is 1. The normalized spacial score (nSPS) is 26.5. The van der Waals surface area contributed by atoms with Gasteiger partial charge in [0.15, 0.2) is 0 Å². The van der Waals surface area contributed by atoms with Crippen molar-refractivity contribution in [2.45, 2.75) is 37.8 Å². The third-order valence-corrected chi connectivity index (χ3v) is 3.77. The van der Waals surface area contributed by atoms with E-state index >= 15 is 0 Å². The van der Waals surface area contributed by atoms with E-state index in [4.69, 9.17) is 4.74 Å². The van der Waals surface area contributed by atoms with Crippen LogP contribution in [0.2, 0.25) is 0 Å². The fourth-order valence-electron chi connectivity index (χ4n) is 2.70. The number of hydrogen-bond donors (Lipinski definition) is 2. The van der Waals surface area contributed by atoms with E-state index < -0.39 is 0 Å². The molecule has 0 radical (unpaired) electrons. The van der Waals surface area contributed by atoms with Crippen molar-refractivity contribution in [1.82, 2.24) is 10.6 Å². The van der Waals surface area contributed by atoms with Crippen molar-refractivity contribution in [3.63, 3.8) is 0 Å². The summed E-state index contributed by atoms with van der Waals surface area (Å²) in [6.07, 6.45) is 7.80. The van der Waals surface area contributed by atoms with Gasteiger partial charge in [-0.3, -0.25) is 4.99 Å². The largest absolute Gasteiger partial charge is 0.441 e. The van der Waals surface area contributed by atoms with Crippen LogP contribution in [0.15, 0.2) is 28.9 Å². The van der Waals surface area contributed by atoms with Crippen LogP contribution in [0.4, 0.5) is 4.79 Å². The molecule has 2 aliphatic rings. The summed E-state index contributed by atoms with van der Waals surface area (Å²) in [7, 11) is 0. The second-order valence-electron chi connectivity index (χ2n) is 4.95. The first kappa shape index (κ1) is 13.8. The van der Waals surface area contributed by atoms with Crippen molar-refractivity contribution in [2.75, 3.05) is 13.1 Å². The third-order valence-electron chi connectivity index (χ3n) is 3.77. The van der Waals surface area contributed by atoms with Crippen molar-refractivity contribution >= 4 is 12.8 Å². The molecule has 2 saturated heterocycles. The molecule has 0 aromatic rings. The Kier molecular flexibility index (Phi) is 4.37. The number of carbonyl (C=O) groups is 1. The van der Waals surface area contributed by atoms with Gasteiger partial charge in [-0.1, -0.05) is 12.2 Å². The molecule has 2 N–H and O–H groups in total. The van der Waals surface area contributed by atoms with Crippen molar-refractivity contribution in [2.24, 2.45) is 4.99 Å². The van der Waals surface area contributed by atoms with Crippen molar-refractivity contribution < 1.29 is 9.53 Å². The quantitative estimate of drug-likeness (QED) is 0.600. The Morgan fingerprint density at radius 2 is 2.32 bits per heavy atom. The zero-order chi connectivity index (χ0) is 13.7. The lowest BCUT2D eigenvalue weighted by molar-refractivity contribution is 0.0102. The van der Waals surface area contributed by atoms with Crippen LogP contribution in [0.5, 0.6) is 0 Å². The van der Waals surface area contributed by atoms with E-state index in [1.807, 2.05) is 25.2 Å². The Hall–Kier alpha value is -1.62. The van der Waals surface area contributed by atoms with Gasteiger partial charge in [0.05, 0.1) is 6.04 Å². The maximum Gasteiger partial charge on any atom is 0.408 e. The molecule has 104 valence electrons.